The Morgan fingerprint density at radius 1 is 1.38 bits per heavy atom. The molecule has 0 bridgehead atoms. The predicted molar refractivity (Wildman–Crippen MR) is 59.7 cm³/mol. The fourth-order valence-electron chi connectivity index (χ4n) is 1.48. The molecule has 0 saturated carbocycles. The van der Waals surface area contributed by atoms with Gasteiger partial charge in [0, 0.05) is 6.42 Å². The Morgan fingerprint density at radius 3 is 2.62 bits per heavy atom. The molecule has 2 rings (SSSR count). The van der Waals surface area contributed by atoms with Crippen molar-refractivity contribution in [1.82, 2.24) is 9.59 Å². The number of aliphatic hydroxyl groups is 1. The molecule has 1 N–H and O–H groups in total. The van der Waals surface area contributed by atoms with Gasteiger partial charge < -0.3 is 5.11 Å². The summed E-state index contributed by atoms with van der Waals surface area (Å²) >= 11 is 1.19. The van der Waals surface area contributed by atoms with Gasteiger partial charge in [0.15, 0.2) is 0 Å². The summed E-state index contributed by atoms with van der Waals surface area (Å²) in [5.74, 6) is -0.270. The third-order valence-corrected chi connectivity index (χ3v) is 3.26. The second-order valence-electron chi connectivity index (χ2n) is 3.57. The third kappa shape index (κ3) is 2.43. The molecular weight excluding hydrogens is 227 g/mol. The summed E-state index contributed by atoms with van der Waals surface area (Å²) in [4.78, 5) is 0.768. The molecule has 2 aromatic rings. The highest BCUT2D eigenvalue weighted by Crippen LogP contribution is 2.23. The van der Waals surface area contributed by atoms with Gasteiger partial charge >= 0.3 is 0 Å². The molecule has 0 aliphatic rings. The van der Waals surface area contributed by atoms with Gasteiger partial charge in [0.25, 0.3) is 0 Å². The van der Waals surface area contributed by atoms with Gasteiger partial charge in [0.1, 0.15) is 5.82 Å². The quantitative estimate of drug-likeness (QED) is 0.892. The zero-order valence-electron chi connectivity index (χ0n) is 8.72. The lowest BCUT2D eigenvalue weighted by Gasteiger charge is -2.08. The molecular formula is C11H11FN2OS. The Bertz CT molecular complexity index is 469. The standard InChI is InChI=1S/C11H11FN2OS/c1-7-11(16-14-13-7)10(15)6-8-2-4-9(12)5-3-8/h2-5,10,15H,6H2,1H3. The summed E-state index contributed by atoms with van der Waals surface area (Å²) in [7, 11) is 0. The third-order valence-electron chi connectivity index (χ3n) is 2.33. The number of aryl methyl sites for hydroxylation is 1. The van der Waals surface area contributed by atoms with Crippen LogP contribution in [0.2, 0.25) is 0 Å². The Hall–Kier alpha value is -1.33. The molecule has 0 aliphatic carbocycles. The molecule has 0 radical (unpaired) electrons. The maximum Gasteiger partial charge on any atom is 0.123 e. The van der Waals surface area contributed by atoms with Gasteiger partial charge in [-0.25, -0.2) is 4.39 Å². The van der Waals surface area contributed by atoms with Crippen molar-refractivity contribution in [3.8, 4) is 0 Å². The molecule has 1 heterocycles. The van der Waals surface area contributed by atoms with Crippen LogP contribution in [0.15, 0.2) is 24.3 Å². The summed E-state index contributed by atoms with van der Waals surface area (Å²) in [6, 6.07) is 6.12. The summed E-state index contributed by atoms with van der Waals surface area (Å²) in [5, 5.41) is 13.8. The molecule has 3 nitrogen and oxygen atoms in total. The molecule has 1 unspecified atom stereocenters. The largest absolute Gasteiger partial charge is 0.387 e. The molecule has 1 aromatic heterocycles. The van der Waals surface area contributed by atoms with Crippen LogP contribution in [0.4, 0.5) is 4.39 Å². The lowest BCUT2D eigenvalue weighted by Crippen LogP contribution is -2.01. The van der Waals surface area contributed by atoms with E-state index in [1.807, 2.05) is 6.92 Å². The van der Waals surface area contributed by atoms with E-state index in [1.165, 1.54) is 23.7 Å². The Labute approximate surface area is 96.7 Å². The van der Waals surface area contributed by atoms with Gasteiger partial charge in [-0.3, -0.25) is 0 Å². The predicted octanol–water partition coefficient (Wildman–Crippen LogP) is 2.26. The van der Waals surface area contributed by atoms with E-state index in [2.05, 4.69) is 9.59 Å². The van der Waals surface area contributed by atoms with Crippen LogP contribution >= 0.6 is 11.5 Å². The van der Waals surface area contributed by atoms with Crippen LogP contribution in [0.5, 0.6) is 0 Å². The van der Waals surface area contributed by atoms with Crippen molar-refractivity contribution in [3.05, 3.63) is 46.2 Å². The monoisotopic (exact) mass is 238 g/mol. The molecule has 5 heteroatoms. The highest BCUT2D eigenvalue weighted by atomic mass is 32.1. The number of aliphatic hydroxyl groups excluding tert-OH is 1. The van der Waals surface area contributed by atoms with Gasteiger partial charge in [-0.2, -0.15) is 0 Å². The molecule has 1 atom stereocenters. The number of nitrogens with zero attached hydrogens (tertiary/aromatic N) is 2. The summed E-state index contributed by atoms with van der Waals surface area (Å²) < 4.78 is 16.5. The highest BCUT2D eigenvalue weighted by Gasteiger charge is 2.14. The first-order valence-corrected chi connectivity index (χ1v) is 5.65. The van der Waals surface area contributed by atoms with Crippen molar-refractivity contribution in [3.63, 3.8) is 0 Å². The molecule has 16 heavy (non-hydrogen) atoms. The zero-order chi connectivity index (χ0) is 11.5. The first kappa shape index (κ1) is 11.2. The van der Waals surface area contributed by atoms with Crippen molar-refractivity contribution in [1.29, 1.82) is 0 Å². The average Bonchev–Trinajstić information content (AvgIpc) is 2.68. The molecule has 0 fully saturated rings. The average molecular weight is 238 g/mol. The fraction of sp³-hybridized carbons (Fsp3) is 0.273. The molecule has 84 valence electrons. The van der Waals surface area contributed by atoms with Crippen LogP contribution in [0.3, 0.4) is 0 Å². The minimum absolute atomic E-state index is 0.270. The number of rotatable bonds is 3. The van der Waals surface area contributed by atoms with E-state index in [0.29, 0.717) is 6.42 Å². The summed E-state index contributed by atoms with van der Waals surface area (Å²) in [6.45, 7) is 1.81. The van der Waals surface area contributed by atoms with Crippen LogP contribution in [0, 0.1) is 12.7 Å². The highest BCUT2D eigenvalue weighted by molar-refractivity contribution is 7.05. The van der Waals surface area contributed by atoms with Crippen LogP contribution in [-0.4, -0.2) is 14.7 Å². The smallest absolute Gasteiger partial charge is 0.123 e. The van der Waals surface area contributed by atoms with Gasteiger partial charge in [-0.15, -0.1) is 5.10 Å². The van der Waals surface area contributed by atoms with Crippen molar-refractivity contribution in [2.75, 3.05) is 0 Å². The van der Waals surface area contributed by atoms with Crippen molar-refractivity contribution in [2.24, 2.45) is 0 Å². The maximum atomic E-state index is 12.7. The van der Waals surface area contributed by atoms with E-state index in [1.54, 1.807) is 12.1 Å². The zero-order valence-corrected chi connectivity index (χ0v) is 9.54. The summed E-state index contributed by atoms with van der Waals surface area (Å²) in [6.07, 6.45) is -0.171. The van der Waals surface area contributed by atoms with Crippen molar-refractivity contribution in [2.45, 2.75) is 19.4 Å². The minimum Gasteiger partial charge on any atom is -0.387 e. The number of hydrogen-bond donors (Lipinski definition) is 1. The first-order valence-electron chi connectivity index (χ1n) is 4.88. The lowest BCUT2D eigenvalue weighted by molar-refractivity contribution is 0.181. The summed E-state index contributed by atoms with van der Waals surface area (Å²) in [5.41, 5.74) is 1.64. The van der Waals surface area contributed by atoms with Gasteiger partial charge in [-0.05, 0) is 36.2 Å². The molecule has 0 spiro atoms. The minimum atomic E-state index is -0.620. The molecule has 0 amide bonds. The number of hydrogen-bond acceptors (Lipinski definition) is 4. The van der Waals surface area contributed by atoms with Crippen molar-refractivity contribution >= 4 is 11.5 Å². The molecule has 1 aromatic carbocycles. The number of benzene rings is 1. The Morgan fingerprint density at radius 2 is 2.06 bits per heavy atom. The number of halogens is 1. The van der Waals surface area contributed by atoms with Crippen LogP contribution in [-0.2, 0) is 6.42 Å². The lowest BCUT2D eigenvalue weighted by atomic mass is 10.1. The normalized spacial score (nSPS) is 12.7. The van der Waals surface area contributed by atoms with Crippen LogP contribution in [0.1, 0.15) is 22.2 Å². The van der Waals surface area contributed by atoms with E-state index in [0.717, 1.165) is 16.1 Å². The Balaban J connectivity index is 2.10. The van der Waals surface area contributed by atoms with Crippen molar-refractivity contribution < 1.29 is 9.50 Å². The second-order valence-corrected chi connectivity index (χ2v) is 4.35. The van der Waals surface area contributed by atoms with Gasteiger partial charge in [0.05, 0.1) is 16.7 Å². The molecule has 0 saturated heterocycles. The van der Waals surface area contributed by atoms with E-state index >= 15 is 0 Å². The van der Waals surface area contributed by atoms with Crippen LogP contribution in [0.25, 0.3) is 0 Å². The van der Waals surface area contributed by atoms with Gasteiger partial charge in [0.2, 0.25) is 0 Å². The van der Waals surface area contributed by atoms with Gasteiger partial charge in [-0.1, -0.05) is 16.6 Å². The van der Waals surface area contributed by atoms with E-state index in [-0.39, 0.29) is 5.82 Å². The SMILES string of the molecule is Cc1nnsc1C(O)Cc1ccc(F)cc1. The number of aromatic nitrogens is 2. The van der Waals surface area contributed by atoms with E-state index < -0.39 is 6.10 Å². The second kappa shape index (κ2) is 4.67. The van der Waals surface area contributed by atoms with Crippen LogP contribution < -0.4 is 0 Å². The fourth-order valence-corrected chi connectivity index (χ4v) is 2.11. The molecule has 0 aliphatic heterocycles. The topological polar surface area (TPSA) is 46.0 Å². The maximum absolute atomic E-state index is 12.7. The van der Waals surface area contributed by atoms with E-state index in [4.69, 9.17) is 0 Å². The Kier molecular flexibility index (Phi) is 3.26. The first-order chi connectivity index (χ1) is 7.66. The van der Waals surface area contributed by atoms with E-state index in [9.17, 15) is 9.50 Å².